The Bertz CT molecular complexity index is 1400. The minimum Gasteiger partial charge on any atom is -0.465 e. The number of ether oxygens (including phenoxy) is 2. The second-order valence-electron chi connectivity index (χ2n) is 11.2. The summed E-state index contributed by atoms with van der Waals surface area (Å²) < 4.78 is 11.6. The van der Waals surface area contributed by atoms with Crippen molar-refractivity contribution in [3.8, 4) is 0 Å². The van der Waals surface area contributed by atoms with E-state index in [-0.39, 0.29) is 11.9 Å². The maximum absolute atomic E-state index is 13.3. The number of rotatable bonds is 9. The largest absolute Gasteiger partial charge is 0.465 e. The van der Waals surface area contributed by atoms with Crippen molar-refractivity contribution in [1.29, 1.82) is 0 Å². The zero-order valence-corrected chi connectivity index (χ0v) is 26.1. The molecule has 0 amide bonds. The van der Waals surface area contributed by atoms with Gasteiger partial charge in [-0.05, 0) is 65.8 Å². The number of hydrogen-bond acceptors (Lipinski definition) is 7. The van der Waals surface area contributed by atoms with Gasteiger partial charge in [-0.15, -0.1) is 0 Å². The van der Waals surface area contributed by atoms with Crippen LogP contribution in [-0.2, 0) is 19.9 Å². The Balaban J connectivity index is 1.67. The van der Waals surface area contributed by atoms with Crippen LogP contribution in [0.5, 0.6) is 0 Å². The Kier molecular flexibility index (Phi) is 7.76. The van der Waals surface area contributed by atoms with Crippen LogP contribution in [-0.4, -0.2) is 66.3 Å². The molecule has 0 unspecified atom stereocenters. The average Bonchev–Trinajstić information content (AvgIpc) is 3.24. The quantitative estimate of drug-likeness (QED) is 0.212. The molecule has 0 aromatic heterocycles. The van der Waals surface area contributed by atoms with Gasteiger partial charge < -0.3 is 19.3 Å². The third-order valence-corrected chi connectivity index (χ3v) is 13.8. The van der Waals surface area contributed by atoms with Gasteiger partial charge in [0.1, 0.15) is 8.07 Å². The first-order valence-corrected chi connectivity index (χ1v) is 17.7. The van der Waals surface area contributed by atoms with E-state index in [0.29, 0.717) is 17.9 Å². The van der Waals surface area contributed by atoms with Crippen LogP contribution >= 0.6 is 11.8 Å². The summed E-state index contributed by atoms with van der Waals surface area (Å²) in [5.74, 6) is 0.834. The highest BCUT2D eigenvalue weighted by Gasteiger charge is 2.56. The predicted molar refractivity (Wildman–Crippen MR) is 168 cm³/mol. The van der Waals surface area contributed by atoms with Crippen LogP contribution in [0.1, 0.15) is 40.4 Å². The van der Waals surface area contributed by atoms with Gasteiger partial charge in [0.15, 0.2) is 5.60 Å². The third-order valence-electron chi connectivity index (χ3n) is 8.25. The summed E-state index contributed by atoms with van der Waals surface area (Å²) in [6.07, 6.45) is 0.980. The highest BCUT2D eigenvalue weighted by atomic mass is 32.2. The summed E-state index contributed by atoms with van der Waals surface area (Å²) in [6, 6.07) is 22.1. The molecule has 5 rings (SSSR count). The Morgan fingerprint density at radius 3 is 2.10 bits per heavy atom. The molecule has 2 aliphatic heterocycles. The van der Waals surface area contributed by atoms with Gasteiger partial charge >= 0.3 is 11.9 Å². The second kappa shape index (κ2) is 11.0. The number of hydrogen-bond donors (Lipinski definition) is 0. The maximum Gasteiger partial charge on any atom is 0.340 e. The smallest absolute Gasteiger partial charge is 0.340 e. The number of benzene rings is 3. The highest BCUT2D eigenvalue weighted by Crippen LogP contribution is 2.49. The Morgan fingerprint density at radius 1 is 0.925 bits per heavy atom. The van der Waals surface area contributed by atoms with Crippen LogP contribution in [0.15, 0.2) is 60.7 Å². The molecule has 0 bridgehead atoms. The van der Waals surface area contributed by atoms with Crippen molar-refractivity contribution in [1.82, 2.24) is 0 Å². The molecule has 3 aromatic carbocycles. The van der Waals surface area contributed by atoms with Gasteiger partial charge in [-0.3, -0.25) is 4.79 Å². The van der Waals surface area contributed by atoms with E-state index in [1.54, 1.807) is 11.8 Å². The van der Waals surface area contributed by atoms with Gasteiger partial charge in [0.25, 0.3) is 0 Å². The Hall–Kier alpha value is -3.23. The third kappa shape index (κ3) is 4.61. The molecule has 0 radical (unpaired) electrons. The van der Waals surface area contributed by atoms with Gasteiger partial charge in [-0.1, -0.05) is 36.9 Å². The number of carbonyl (C=O) groups excluding carboxylic acids is 2. The van der Waals surface area contributed by atoms with Crippen LogP contribution in [0.3, 0.4) is 0 Å². The highest BCUT2D eigenvalue weighted by molar-refractivity contribution is 7.99. The van der Waals surface area contributed by atoms with Crippen LogP contribution in [0.25, 0.3) is 0 Å². The fourth-order valence-corrected chi connectivity index (χ4v) is 11.6. The Morgan fingerprint density at radius 2 is 1.52 bits per heavy atom. The molecule has 3 aromatic rings. The molecule has 0 fully saturated rings. The molecule has 0 N–H and O–H groups in total. The summed E-state index contributed by atoms with van der Waals surface area (Å²) in [5.41, 5.74) is 5.00. The van der Waals surface area contributed by atoms with E-state index in [9.17, 15) is 9.59 Å². The second-order valence-corrected chi connectivity index (χ2v) is 16.5. The number of anilines is 2. The fourth-order valence-electron chi connectivity index (χ4n) is 6.21. The summed E-state index contributed by atoms with van der Waals surface area (Å²) in [6.45, 7) is 4.70. The maximum atomic E-state index is 13.3. The van der Waals surface area contributed by atoms with Crippen molar-refractivity contribution in [3.63, 3.8) is 0 Å². The molecule has 6 nitrogen and oxygen atoms in total. The minimum absolute atomic E-state index is 0.153. The van der Waals surface area contributed by atoms with Gasteiger partial charge in [0.2, 0.25) is 0 Å². The van der Waals surface area contributed by atoms with Crippen molar-refractivity contribution < 1.29 is 19.1 Å². The van der Waals surface area contributed by atoms with E-state index in [1.807, 2.05) is 31.2 Å². The van der Waals surface area contributed by atoms with Crippen LogP contribution in [0.4, 0.5) is 11.4 Å². The van der Waals surface area contributed by atoms with Crippen LogP contribution < -0.4 is 20.2 Å². The van der Waals surface area contributed by atoms with Gasteiger partial charge in [-0.2, -0.15) is 11.8 Å². The van der Waals surface area contributed by atoms with Crippen molar-refractivity contribution in [2.24, 2.45) is 0 Å². The first kappa shape index (κ1) is 28.3. The summed E-state index contributed by atoms with van der Waals surface area (Å²) in [5, 5.41) is 2.61. The molecular formula is C32H38N2O4SSi. The fraction of sp³-hybridized carbons (Fsp3) is 0.375. The molecular weight excluding hydrogens is 537 g/mol. The number of carbonyl (C=O) groups is 2. The molecule has 2 aliphatic rings. The van der Waals surface area contributed by atoms with E-state index < -0.39 is 13.7 Å². The molecule has 0 atom stereocenters. The molecule has 0 saturated carbocycles. The standard InChI is InChI=1S/C32H38N2O4SSi/c1-7-37-30(35)21-39-17-10-18-40(6)28-19-22(33(2)3)13-15-26(28)32(25-12-9-8-11-24(25)31(36)38-32)27-16-14-23(34(4)5)20-29(27)40/h8-9,11-16,19-20H,7,10,17-18,21H2,1-6H3. The zero-order chi connectivity index (χ0) is 28.7. The lowest BCUT2D eigenvalue weighted by Gasteiger charge is -2.46. The lowest BCUT2D eigenvalue weighted by Crippen LogP contribution is -2.65. The van der Waals surface area contributed by atoms with Gasteiger partial charge in [0.05, 0.1) is 17.9 Å². The topological polar surface area (TPSA) is 59.1 Å². The van der Waals surface area contributed by atoms with E-state index in [2.05, 4.69) is 80.9 Å². The molecule has 0 aliphatic carbocycles. The SMILES string of the molecule is CCOC(=O)CSCCC[Si]1(C)c2cc(N(C)C)ccc2C2(OC(=O)c3ccccc32)c2ccc(N(C)C)cc21. The van der Waals surface area contributed by atoms with Gasteiger partial charge in [0, 0.05) is 56.3 Å². The number of esters is 2. The van der Waals surface area contributed by atoms with E-state index >= 15 is 0 Å². The van der Waals surface area contributed by atoms with Crippen LogP contribution in [0, 0.1) is 0 Å². The van der Waals surface area contributed by atoms with E-state index in [1.165, 1.54) is 10.4 Å². The Labute approximate surface area is 242 Å². The number of thioether (sulfide) groups is 1. The summed E-state index contributed by atoms with van der Waals surface area (Å²) in [7, 11) is 5.92. The lowest BCUT2D eigenvalue weighted by atomic mass is 9.79. The summed E-state index contributed by atoms with van der Waals surface area (Å²) >= 11 is 1.64. The molecule has 1 spiro atoms. The first-order chi connectivity index (χ1) is 19.1. The molecule has 210 valence electrons. The number of nitrogens with zero attached hydrogens (tertiary/aromatic N) is 2. The van der Waals surface area contributed by atoms with Crippen molar-refractivity contribution >= 4 is 53.5 Å². The normalized spacial score (nSPS) is 20.4. The van der Waals surface area contributed by atoms with Crippen LogP contribution in [0.2, 0.25) is 12.6 Å². The molecule has 8 heteroatoms. The lowest BCUT2D eigenvalue weighted by molar-refractivity contribution is -0.139. The van der Waals surface area contributed by atoms with Crippen molar-refractivity contribution in [3.05, 3.63) is 82.9 Å². The summed E-state index contributed by atoms with van der Waals surface area (Å²) in [4.78, 5) is 29.5. The first-order valence-electron chi connectivity index (χ1n) is 13.8. The minimum atomic E-state index is -2.34. The van der Waals surface area contributed by atoms with E-state index in [4.69, 9.17) is 9.47 Å². The number of fused-ring (bicyclic) bond motifs is 6. The molecule has 0 saturated heterocycles. The zero-order valence-electron chi connectivity index (χ0n) is 24.2. The van der Waals surface area contributed by atoms with Crippen molar-refractivity contribution in [2.45, 2.75) is 31.5 Å². The van der Waals surface area contributed by atoms with Gasteiger partial charge in [-0.25, -0.2) is 4.79 Å². The monoisotopic (exact) mass is 574 g/mol. The van der Waals surface area contributed by atoms with Crippen molar-refractivity contribution in [2.75, 3.05) is 56.1 Å². The molecule has 40 heavy (non-hydrogen) atoms. The molecule has 2 heterocycles. The predicted octanol–water partition coefficient (Wildman–Crippen LogP) is 4.47. The average molecular weight is 575 g/mol. The van der Waals surface area contributed by atoms with E-state index in [0.717, 1.165) is 46.3 Å².